The van der Waals surface area contributed by atoms with Gasteiger partial charge in [0.2, 0.25) is 0 Å². The number of hydrogen-bond acceptors (Lipinski definition) is 1. The molecule has 0 aromatic rings. The minimum Gasteiger partial charge on any atom is -0.373 e. The summed E-state index contributed by atoms with van der Waals surface area (Å²) in [4.78, 5) is 0. The highest BCUT2D eigenvalue weighted by Crippen LogP contribution is 2.23. The Labute approximate surface area is 63.1 Å². The van der Waals surface area contributed by atoms with Crippen LogP contribution in [-0.2, 0) is 4.74 Å². The quantitative estimate of drug-likeness (QED) is 0.422. The highest BCUT2D eigenvalue weighted by molar-refractivity contribution is 4.78. The van der Waals surface area contributed by atoms with E-state index >= 15 is 0 Å². The van der Waals surface area contributed by atoms with E-state index in [0.29, 0.717) is 6.10 Å². The minimum atomic E-state index is 0.588. The molecule has 1 rings (SSSR count). The maximum Gasteiger partial charge on any atom is 0.0812 e. The Morgan fingerprint density at radius 1 is 1.80 bits per heavy atom. The molecule has 1 fully saturated rings. The molecule has 1 heteroatoms. The predicted molar refractivity (Wildman–Crippen MR) is 43.0 cm³/mol. The Morgan fingerprint density at radius 3 is 2.90 bits per heavy atom. The van der Waals surface area contributed by atoms with Gasteiger partial charge in [-0.15, -0.1) is 6.58 Å². The molecule has 1 nitrogen and oxygen atoms in total. The van der Waals surface area contributed by atoms with E-state index in [9.17, 15) is 0 Å². The Bertz CT molecular complexity index is 105. The normalized spacial score (nSPS) is 25.9. The molecule has 0 radical (unpaired) electrons. The summed E-state index contributed by atoms with van der Waals surface area (Å²) in [6.45, 7) is 6.96. The van der Waals surface area contributed by atoms with Crippen molar-refractivity contribution in [1.82, 2.24) is 0 Å². The van der Waals surface area contributed by atoms with Crippen molar-refractivity contribution in [2.45, 2.75) is 32.3 Å². The standard InChI is InChI=1S/C9H16O/c1-3-5-8(4-2)6-9-7-10-9/h3,8-9H,1,4-7H2,2H3. The van der Waals surface area contributed by atoms with Gasteiger partial charge in [0.15, 0.2) is 0 Å². The molecule has 1 aliphatic heterocycles. The number of rotatable bonds is 5. The van der Waals surface area contributed by atoms with Crippen LogP contribution in [0.15, 0.2) is 12.7 Å². The van der Waals surface area contributed by atoms with Crippen molar-refractivity contribution >= 4 is 0 Å². The van der Waals surface area contributed by atoms with Gasteiger partial charge in [-0.3, -0.25) is 0 Å². The van der Waals surface area contributed by atoms with Crippen LogP contribution in [0.3, 0.4) is 0 Å². The summed E-state index contributed by atoms with van der Waals surface area (Å²) in [5.74, 6) is 0.810. The van der Waals surface area contributed by atoms with Gasteiger partial charge >= 0.3 is 0 Å². The van der Waals surface area contributed by atoms with Gasteiger partial charge in [-0.05, 0) is 18.8 Å². The number of ether oxygens (including phenoxy) is 1. The van der Waals surface area contributed by atoms with Gasteiger partial charge in [-0.25, -0.2) is 0 Å². The Hall–Kier alpha value is -0.300. The monoisotopic (exact) mass is 140 g/mol. The molecule has 1 aliphatic rings. The van der Waals surface area contributed by atoms with E-state index < -0.39 is 0 Å². The second-order valence-corrected chi connectivity index (χ2v) is 2.99. The highest BCUT2D eigenvalue weighted by atomic mass is 16.6. The molecule has 0 aromatic heterocycles. The average Bonchev–Trinajstić information content (AvgIpc) is 2.71. The molecule has 58 valence electrons. The first kappa shape index (κ1) is 7.80. The molecule has 0 aromatic carbocycles. The maximum atomic E-state index is 5.15. The molecule has 0 amide bonds. The van der Waals surface area contributed by atoms with Crippen molar-refractivity contribution in [1.29, 1.82) is 0 Å². The summed E-state index contributed by atoms with van der Waals surface area (Å²) in [5, 5.41) is 0. The largest absolute Gasteiger partial charge is 0.373 e. The molecule has 1 heterocycles. The first-order valence-electron chi connectivity index (χ1n) is 4.09. The van der Waals surface area contributed by atoms with Gasteiger partial charge < -0.3 is 4.74 Å². The average molecular weight is 140 g/mol. The van der Waals surface area contributed by atoms with Crippen LogP contribution in [0.2, 0.25) is 0 Å². The topological polar surface area (TPSA) is 12.5 Å². The third kappa shape index (κ3) is 2.53. The first-order valence-corrected chi connectivity index (χ1v) is 4.09. The molecule has 0 N–H and O–H groups in total. The summed E-state index contributed by atoms with van der Waals surface area (Å²) in [6, 6.07) is 0. The maximum absolute atomic E-state index is 5.15. The van der Waals surface area contributed by atoms with Crippen molar-refractivity contribution in [3.05, 3.63) is 12.7 Å². The van der Waals surface area contributed by atoms with Crippen LogP contribution in [0.1, 0.15) is 26.2 Å². The van der Waals surface area contributed by atoms with E-state index in [2.05, 4.69) is 13.5 Å². The molecular weight excluding hydrogens is 124 g/mol. The van der Waals surface area contributed by atoms with E-state index in [-0.39, 0.29) is 0 Å². The Balaban J connectivity index is 2.11. The van der Waals surface area contributed by atoms with Crippen LogP contribution in [0, 0.1) is 5.92 Å². The summed E-state index contributed by atoms with van der Waals surface area (Å²) in [7, 11) is 0. The van der Waals surface area contributed by atoms with E-state index in [4.69, 9.17) is 4.74 Å². The van der Waals surface area contributed by atoms with Crippen molar-refractivity contribution in [3.63, 3.8) is 0 Å². The zero-order chi connectivity index (χ0) is 7.40. The van der Waals surface area contributed by atoms with Gasteiger partial charge in [0.05, 0.1) is 12.7 Å². The van der Waals surface area contributed by atoms with Crippen LogP contribution in [0.5, 0.6) is 0 Å². The minimum absolute atomic E-state index is 0.588. The van der Waals surface area contributed by atoms with E-state index in [1.165, 1.54) is 12.8 Å². The van der Waals surface area contributed by atoms with Crippen molar-refractivity contribution in [3.8, 4) is 0 Å². The van der Waals surface area contributed by atoms with Crippen LogP contribution in [0.4, 0.5) is 0 Å². The Morgan fingerprint density at radius 2 is 2.50 bits per heavy atom. The lowest BCUT2D eigenvalue weighted by atomic mass is 9.97. The fraction of sp³-hybridized carbons (Fsp3) is 0.778. The molecule has 0 saturated carbocycles. The fourth-order valence-corrected chi connectivity index (χ4v) is 1.24. The second kappa shape index (κ2) is 3.77. The van der Waals surface area contributed by atoms with E-state index in [0.717, 1.165) is 18.9 Å². The van der Waals surface area contributed by atoms with Crippen LogP contribution in [0.25, 0.3) is 0 Å². The highest BCUT2D eigenvalue weighted by Gasteiger charge is 2.24. The van der Waals surface area contributed by atoms with E-state index in [1.54, 1.807) is 0 Å². The third-order valence-corrected chi connectivity index (χ3v) is 2.08. The SMILES string of the molecule is C=CCC(CC)CC1CO1. The lowest BCUT2D eigenvalue weighted by molar-refractivity contribution is 0.348. The van der Waals surface area contributed by atoms with Crippen LogP contribution in [-0.4, -0.2) is 12.7 Å². The smallest absolute Gasteiger partial charge is 0.0812 e. The summed E-state index contributed by atoms with van der Waals surface area (Å²) >= 11 is 0. The fourth-order valence-electron chi connectivity index (χ4n) is 1.24. The number of hydrogen-bond donors (Lipinski definition) is 0. The predicted octanol–water partition coefficient (Wildman–Crippen LogP) is 2.38. The summed E-state index contributed by atoms with van der Waals surface area (Å²) in [6.07, 6.45) is 6.24. The zero-order valence-corrected chi connectivity index (χ0v) is 6.68. The van der Waals surface area contributed by atoms with Gasteiger partial charge in [0.1, 0.15) is 0 Å². The molecule has 0 spiro atoms. The number of epoxide rings is 1. The van der Waals surface area contributed by atoms with Gasteiger partial charge in [-0.1, -0.05) is 19.4 Å². The van der Waals surface area contributed by atoms with Crippen molar-refractivity contribution < 1.29 is 4.74 Å². The summed E-state index contributed by atoms with van der Waals surface area (Å²) in [5.41, 5.74) is 0. The Kier molecular flexibility index (Phi) is 2.94. The lowest BCUT2D eigenvalue weighted by Gasteiger charge is -2.08. The second-order valence-electron chi connectivity index (χ2n) is 2.99. The molecule has 0 aliphatic carbocycles. The third-order valence-electron chi connectivity index (χ3n) is 2.08. The molecule has 10 heavy (non-hydrogen) atoms. The number of allylic oxidation sites excluding steroid dienone is 1. The van der Waals surface area contributed by atoms with Crippen molar-refractivity contribution in [2.24, 2.45) is 5.92 Å². The summed E-state index contributed by atoms with van der Waals surface area (Å²) < 4.78 is 5.15. The van der Waals surface area contributed by atoms with Gasteiger partial charge in [-0.2, -0.15) is 0 Å². The molecule has 1 saturated heterocycles. The van der Waals surface area contributed by atoms with Gasteiger partial charge in [0.25, 0.3) is 0 Å². The van der Waals surface area contributed by atoms with Crippen LogP contribution >= 0.6 is 0 Å². The molecule has 0 bridgehead atoms. The van der Waals surface area contributed by atoms with E-state index in [1.807, 2.05) is 6.08 Å². The van der Waals surface area contributed by atoms with Crippen molar-refractivity contribution in [2.75, 3.05) is 6.61 Å². The zero-order valence-electron chi connectivity index (χ0n) is 6.68. The van der Waals surface area contributed by atoms with Gasteiger partial charge in [0, 0.05) is 0 Å². The molecular formula is C9H16O. The first-order chi connectivity index (χ1) is 4.86. The lowest BCUT2D eigenvalue weighted by Crippen LogP contribution is -2.01. The van der Waals surface area contributed by atoms with Crippen LogP contribution < -0.4 is 0 Å². The molecule has 2 atom stereocenters. The molecule has 2 unspecified atom stereocenters.